The smallest absolute Gasteiger partial charge is 0.271 e. The second kappa shape index (κ2) is 7.28. The number of ether oxygens (including phenoxy) is 1. The molecule has 0 spiro atoms. The lowest BCUT2D eigenvalue weighted by atomic mass is 10.3. The largest absolute Gasteiger partial charge is 0.494 e. The fourth-order valence-corrected chi connectivity index (χ4v) is 4.11. The average molecular weight is 481 g/mol. The van der Waals surface area contributed by atoms with Crippen molar-refractivity contribution in [3.63, 3.8) is 0 Å². The number of nitrogens with zero attached hydrogens (tertiary/aromatic N) is 3. The molecule has 0 amide bonds. The average Bonchev–Trinajstić information content (AvgIpc) is 3.19. The predicted molar refractivity (Wildman–Crippen MR) is 109 cm³/mol. The van der Waals surface area contributed by atoms with Crippen LogP contribution in [0.25, 0.3) is 6.08 Å². The number of halogens is 1. The first-order valence-electron chi connectivity index (χ1n) is 8.13. The first-order chi connectivity index (χ1) is 12.6. The van der Waals surface area contributed by atoms with Crippen molar-refractivity contribution in [3.8, 4) is 5.75 Å². The SMILES string of the molecule is CCOc1ccc(N2CN=c3sc(=Cc4ccc(I)o4)c(=O)n3C2)cc1. The first kappa shape index (κ1) is 17.3. The standard InChI is InChI=1S/C18H16IN3O3S/c1-2-24-13-5-3-12(4-6-13)21-10-20-18-22(11-21)17(23)15(26-18)9-14-7-8-16(19)25-14/h3-9H,2,10-11H2,1H3. The highest BCUT2D eigenvalue weighted by Gasteiger charge is 2.16. The summed E-state index contributed by atoms with van der Waals surface area (Å²) in [5.74, 6) is 1.51. The first-order valence-corrected chi connectivity index (χ1v) is 10.0. The van der Waals surface area contributed by atoms with Gasteiger partial charge in [0.15, 0.2) is 8.57 Å². The van der Waals surface area contributed by atoms with Gasteiger partial charge in [0.05, 0.1) is 11.1 Å². The van der Waals surface area contributed by atoms with Gasteiger partial charge in [0.25, 0.3) is 5.56 Å². The van der Waals surface area contributed by atoms with Crippen LogP contribution in [0.2, 0.25) is 0 Å². The van der Waals surface area contributed by atoms with Crippen LogP contribution in [-0.4, -0.2) is 17.8 Å². The Labute approximate surface area is 167 Å². The molecule has 0 aliphatic carbocycles. The van der Waals surface area contributed by atoms with Crippen molar-refractivity contribution in [1.82, 2.24) is 4.57 Å². The summed E-state index contributed by atoms with van der Waals surface area (Å²) in [7, 11) is 0. The van der Waals surface area contributed by atoms with Gasteiger partial charge in [0.1, 0.15) is 24.8 Å². The van der Waals surface area contributed by atoms with Gasteiger partial charge >= 0.3 is 0 Å². The van der Waals surface area contributed by atoms with Crippen molar-refractivity contribution in [2.45, 2.75) is 13.6 Å². The van der Waals surface area contributed by atoms with E-state index in [9.17, 15) is 4.79 Å². The van der Waals surface area contributed by atoms with Gasteiger partial charge in [-0.3, -0.25) is 9.36 Å². The summed E-state index contributed by atoms with van der Waals surface area (Å²) in [6, 6.07) is 11.6. The molecule has 0 atom stereocenters. The van der Waals surface area contributed by atoms with E-state index >= 15 is 0 Å². The molecule has 1 aliphatic heterocycles. The van der Waals surface area contributed by atoms with Crippen molar-refractivity contribution in [2.24, 2.45) is 4.99 Å². The van der Waals surface area contributed by atoms with Gasteiger partial charge in [-0.15, -0.1) is 0 Å². The second-order valence-corrected chi connectivity index (χ2v) is 7.75. The summed E-state index contributed by atoms with van der Waals surface area (Å²) in [5.41, 5.74) is 0.961. The lowest BCUT2D eigenvalue weighted by Crippen LogP contribution is -2.42. The Kier molecular flexibility index (Phi) is 4.86. The zero-order valence-corrected chi connectivity index (χ0v) is 17.0. The Hall–Kier alpha value is -2.07. The monoisotopic (exact) mass is 481 g/mol. The molecule has 1 aliphatic rings. The maximum atomic E-state index is 12.7. The molecule has 8 heteroatoms. The molecule has 6 nitrogen and oxygen atoms in total. The van der Waals surface area contributed by atoms with Crippen LogP contribution >= 0.6 is 33.9 Å². The van der Waals surface area contributed by atoms with Crippen LogP contribution in [0.5, 0.6) is 5.75 Å². The molecule has 26 heavy (non-hydrogen) atoms. The third kappa shape index (κ3) is 3.43. The zero-order valence-electron chi connectivity index (χ0n) is 14.0. The molecular weight excluding hydrogens is 465 g/mol. The summed E-state index contributed by atoms with van der Waals surface area (Å²) < 4.78 is 14.1. The van der Waals surface area contributed by atoms with Gasteiger partial charge in [-0.1, -0.05) is 11.3 Å². The number of thiazole rings is 1. The summed E-state index contributed by atoms with van der Waals surface area (Å²) in [6.07, 6.45) is 1.78. The Balaban J connectivity index is 1.63. The van der Waals surface area contributed by atoms with Crippen LogP contribution in [0, 0.1) is 3.77 Å². The number of furan rings is 1. The second-order valence-electron chi connectivity index (χ2n) is 5.68. The third-order valence-corrected chi connectivity index (χ3v) is 5.58. The predicted octanol–water partition coefficient (Wildman–Crippen LogP) is 2.39. The lowest BCUT2D eigenvalue weighted by molar-refractivity contribution is 0.340. The van der Waals surface area contributed by atoms with Crippen molar-refractivity contribution in [1.29, 1.82) is 0 Å². The fourth-order valence-electron chi connectivity index (χ4n) is 2.73. The molecule has 1 aromatic carbocycles. The topological polar surface area (TPSA) is 60.0 Å². The van der Waals surface area contributed by atoms with Gasteiger partial charge in [0, 0.05) is 11.8 Å². The molecule has 0 saturated heterocycles. The molecular formula is C18H16IN3O3S. The minimum absolute atomic E-state index is 0.0456. The Morgan fingerprint density at radius 2 is 2.12 bits per heavy atom. The highest BCUT2D eigenvalue weighted by Crippen LogP contribution is 2.20. The van der Waals surface area contributed by atoms with E-state index in [1.807, 2.05) is 43.3 Å². The number of fused-ring (bicyclic) bond motifs is 1. The van der Waals surface area contributed by atoms with E-state index in [1.165, 1.54) is 11.3 Å². The number of rotatable bonds is 4. The summed E-state index contributed by atoms with van der Waals surface area (Å²) in [4.78, 5) is 20.1. The van der Waals surface area contributed by atoms with E-state index in [4.69, 9.17) is 9.15 Å². The van der Waals surface area contributed by atoms with Crippen molar-refractivity contribution in [3.05, 3.63) is 65.6 Å². The van der Waals surface area contributed by atoms with E-state index in [-0.39, 0.29) is 5.56 Å². The van der Waals surface area contributed by atoms with Crippen molar-refractivity contribution < 1.29 is 9.15 Å². The van der Waals surface area contributed by atoms with Crippen LogP contribution in [0.3, 0.4) is 0 Å². The molecule has 0 fully saturated rings. The van der Waals surface area contributed by atoms with Crippen LogP contribution in [-0.2, 0) is 6.67 Å². The molecule has 3 heterocycles. The summed E-state index contributed by atoms with van der Waals surface area (Å²) in [5, 5.41) is 0. The number of aromatic nitrogens is 1. The van der Waals surface area contributed by atoms with Gasteiger partial charge < -0.3 is 14.1 Å². The van der Waals surface area contributed by atoms with E-state index in [0.717, 1.165) is 20.0 Å². The maximum absolute atomic E-state index is 12.7. The van der Waals surface area contributed by atoms with Gasteiger partial charge in [-0.2, -0.15) is 0 Å². The van der Waals surface area contributed by atoms with Crippen LogP contribution in [0.15, 0.2) is 50.6 Å². The van der Waals surface area contributed by atoms with Gasteiger partial charge in [-0.05, 0) is 65.9 Å². The number of hydrogen-bond donors (Lipinski definition) is 0. The zero-order chi connectivity index (χ0) is 18.1. The molecule has 2 aromatic heterocycles. The van der Waals surface area contributed by atoms with Crippen LogP contribution < -0.4 is 24.5 Å². The Morgan fingerprint density at radius 1 is 1.31 bits per heavy atom. The summed E-state index contributed by atoms with van der Waals surface area (Å²) in [6.45, 7) is 3.60. The van der Waals surface area contributed by atoms with E-state index in [2.05, 4.69) is 32.5 Å². The Morgan fingerprint density at radius 3 is 2.81 bits per heavy atom. The molecule has 134 valence electrons. The van der Waals surface area contributed by atoms with Crippen molar-refractivity contribution >= 4 is 45.7 Å². The normalized spacial score (nSPS) is 14.2. The van der Waals surface area contributed by atoms with E-state index < -0.39 is 0 Å². The highest BCUT2D eigenvalue weighted by atomic mass is 127. The maximum Gasteiger partial charge on any atom is 0.271 e. The van der Waals surface area contributed by atoms with Gasteiger partial charge in [-0.25, -0.2) is 4.99 Å². The molecule has 0 bridgehead atoms. The minimum atomic E-state index is -0.0456. The van der Waals surface area contributed by atoms with E-state index in [1.54, 1.807) is 10.6 Å². The fraction of sp³-hybridized carbons (Fsp3) is 0.222. The van der Waals surface area contributed by atoms with Crippen LogP contribution in [0.1, 0.15) is 12.7 Å². The lowest BCUT2D eigenvalue weighted by Gasteiger charge is -2.25. The number of anilines is 1. The summed E-state index contributed by atoms with van der Waals surface area (Å²) >= 11 is 3.50. The minimum Gasteiger partial charge on any atom is -0.494 e. The molecule has 0 radical (unpaired) electrons. The molecule has 4 rings (SSSR count). The molecule has 0 saturated carbocycles. The molecule has 0 N–H and O–H groups in total. The highest BCUT2D eigenvalue weighted by molar-refractivity contribution is 14.1. The molecule has 0 unspecified atom stereocenters. The third-order valence-electron chi connectivity index (χ3n) is 3.96. The number of benzene rings is 1. The quantitative estimate of drug-likeness (QED) is 0.538. The van der Waals surface area contributed by atoms with Crippen molar-refractivity contribution in [2.75, 3.05) is 18.2 Å². The Bertz CT molecular complexity index is 1100. The van der Waals surface area contributed by atoms with Crippen LogP contribution in [0.4, 0.5) is 5.69 Å². The van der Waals surface area contributed by atoms with E-state index in [0.29, 0.717) is 30.2 Å². The molecule has 3 aromatic rings. The van der Waals surface area contributed by atoms with Gasteiger partial charge in [0.2, 0.25) is 0 Å². The number of hydrogen-bond acceptors (Lipinski definition) is 6.